The standard InChI is InChI=1S/C10H8N2O4/c13-7-3-1-6(2-4-7)9-8(5-16-12-9)11-10(14)15/h1-5,11,13H,(H,14,15). The van der Waals surface area contributed by atoms with E-state index in [1.165, 1.54) is 18.4 Å². The fraction of sp³-hybridized carbons (Fsp3) is 0. The predicted molar refractivity (Wildman–Crippen MR) is 55.3 cm³/mol. The number of benzene rings is 1. The molecular weight excluding hydrogens is 212 g/mol. The van der Waals surface area contributed by atoms with E-state index < -0.39 is 6.09 Å². The number of rotatable bonds is 2. The number of hydrogen-bond acceptors (Lipinski definition) is 4. The van der Waals surface area contributed by atoms with E-state index in [4.69, 9.17) is 14.7 Å². The first-order chi connectivity index (χ1) is 7.66. The van der Waals surface area contributed by atoms with Crippen molar-refractivity contribution in [2.45, 2.75) is 0 Å². The zero-order valence-corrected chi connectivity index (χ0v) is 8.04. The Bertz CT molecular complexity index is 504. The summed E-state index contributed by atoms with van der Waals surface area (Å²) in [7, 11) is 0. The van der Waals surface area contributed by atoms with Crippen LogP contribution in [0.15, 0.2) is 35.1 Å². The number of phenols is 1. The second-order valence-electron chi connectivity index (χ2n) is 3.05. The van der Waals surface area contributed by atoms with Gasteiger partial charge in [-0.05, 0) is 24.3 Å². The molecule has 0 bridgehead atoms. The van der Waals surface area contributed by atoms with Gasteiger partial charge in [-0.15, -0.1) is 0 Å². The second kappa shape index (κ2) is 3.93. The Morgan fingerprint density at radius 1 is 1.31 bits per heavy atom. The van der Waals surface area contributed by atoms with Crippen LogP contribution in [0.5, 0.6) is 5.75 Å². The second-order valence-corrected chi connectivity index (χ2v) is 3.05. The third-order valence-corrected chi connectivity index (χ3v) is 1.95. The normalized spacial score (nSPS) is 10.0. The van der Waals surface area contributed by atoms with Crippen LogP contribution in [-0.4, -0.2) is 21.5 Å². The lowest BCUT2D eigenvalue weighted by Gasteiger charge is -2.00. The Labute approximate surface area is 90.1 Å². The van der Waals surface area contributed by atoms with E-state index in [9.17, 15) is 4.79 Å². The molecule has 6 nitrogen and oxygen atoms in total. The number of carbonyl (C=O) groups is 1. The van der Waals surface area contributed by atoms with Crippen LogP contribution in [0, 0.1) is 0 Å². The van der Waals surface area contributed by atoms with E-state index >= 15 is 0 Å². The Kier molecular flexibility index (Phi) is 2.47. The lowest BCUT2D eigenvalue weighted by atomic mass is 10.1. The molecule has 0 aliphatic rings. The number of nitrogens with zero attached hydrogens (tertiary/aromatic N) is 1. The van der Waals surface area contributed by atoms with Crippen molar-refractivity contribution in [2.75, 3.05) is 5.32 Å². The number of anilines is 1. The summed E-state index contributed by atoms with van der Waals surface area (Å²) >= 11 is 0. The fourth-order valence-electron chi connectivity index (χ4n) is 1.27. The minimum Gasteiger partial charge on any atom is -0.508 e. The van der Waals surface area contributed by atoms with Gasteiger partial charge in [-0.3, -0.25) is 5.32 Å². The summed E-state index contributed by atoms with van der Waals surface area (Å²) in [6.07, 6.45) is 0.0132. The van der Waals surface area contributed by atoms with Gasteiger partial charge in [0.1, 0.15) is 23.4 Å². The van der Waals surface area contributed by atoms with Crippen molar-refractivity contribution in [3.8, 4) is 17.0 Å². The highest BCUT2D eigenvalue weighted by Crippen LogP contribution is 2.27. The molecule has 0 saturated heterocycles. The third kappa shape index (κ3) is 1.95. The van der Waals surface area contributed by atoms with Gasteiger partial charge >= 0.3 is 6.09 Å². The van der Waals surface area contributed by atoms with E-state index in [0.717, 1.165) is 0 Å². The maximum atomic E-state index is 10.5. The third-order valence-electron chi connectivity index (χ3n) is 1.95. The van der Waals surface area contributed by atoms with Crippen molar-refractivity contribution < 1.29 is 19.5 Å². The van der Waals surface area contributed by atoms with Gasteiger partial charge in [-0.25, -0.2) is 4.79 Å². The topological polar surface area (TPSA) is 95.6 Å². The van der Waals surface area contributed by atoms with Gasteiger partial charge in [-0.1, -0.05) is 5.16 Å². The number of aromatic hydroxyl groups is 1. The zero-order valence-electron chi connectivity index (χ0n) is 8.04. The van der Waals surface area contributed by atoms with Crippen molar-refractivity contribution in [2.24, 2.45) is 0 Å². The van der Waals surface area contributed by atoms with Crippen LogP contribution in [0.1, 0.15) is 0 Å². The predicted octanol–water partition coefficient (Wildman–Crippen LogP) is 2.14. The van der Waals surface area contributed by atoms with Crippen LogP contribution in [-0.2, 0) is 0 Å². The number of nitrogens with one attached hydrogen (secondary N) is 1. The highest BCUT2D eigenvalue weighted by molar-refractivity contribution is 5.88. The molecule has 0 spiro atoms. The van der Waals surface area contributed by atoms with Gasteiger partial charge in [0.15, 0.2) is 0 Å². The smallest absolute Gasteiger partial charge is 0.409 e. The molecule has 16 heavy (non-hydrogen) atoms. The maximum Gasteiger partial charge on any atom is 0.409 e. The van der Waals surface area contributed by atoms with Crippen molar-refractivity contribution in [3.05, 3.63) is 30.5 Å². The quantitative estimate of drug-likeness (QED) is 0.720. The first-order valence-electron chi connectivity index (χ1n) is 4.40. The molecule has 0 aliphatic heterocycles. The molecule has 1 amide bonds. The van der Waals surface area contributed by atoms with Crippen molar-refractivity contribution in [1.82, 2.24) is 5.16 Å². The summed E-state index contributed by atoms with van der Waals surface area (Å²) in [6.45, 7) is 0. The summed E-state index contributed by atoms with van der Waals surface area (Å²) in [6, 6.07) is 6.18. The van der Waals surface area contributed by atoms with E-state index in [-0.39, 0.29) is 11.4 Å². The summed E-state index contributed by atoms with van der Waals surface area (Å²) in [5.41, 5.74) is 1.29. The van der Waals surface area contributed by atoms with Crippen molar-refractivity contribution in [3.63, 3.8) is 0 Å². The van der Waals surface area contributed by atoms with E-state index in [1.54, 1.807) is 12.1 Å². The molecule has 2 aromatic rings. The molecule has 1 aromatic carbocycles. The summed E-state index contributed by atoms with van der Waals surface area (Å²) < 4.78 is 4.69. The maximum absolute atomic E-state index is 10.5. The van der Waals surface area contributed by atoms with Crippen LogP contribution in [0.4, 0.5) is 10.5 Å². The number of carboxylic acid groups (broad SMARTS) is 1. The van der Waals surface area contributed by atoms with Crippen molar-refractivity contribution in [1.29, 1.82) is 0 Å². The molecule has 0 radical (unpaired) electrons. The molecule has 0 unspecified atom stereocenters. The number of amides is 1. The Balaban J connectivity index is 2.36. The Hall–Kier alpha value is -2.50. The van der Waals surface area contributed by atoms with Gasteiger partial charge in [-0.2, -0.15) is 0 Å². The Morgan fingerprint density at radius 2 is 2.00 bits per heavy atom. The first-order valence-corrected chi connectivity index (χ1v) is 4.40. The first kappa shape index (κ1) is 10.0. The van der Waals surface area contributed by atoms with Crippen LogP contribution < -0.4 is 5.32 Å². The van der Waals surface area contributed by atoms with Gasteiger partial charge in [0.2, 0.25) is 0 Å². The molecular formula is C10H8N2O4. The van der Waals surface area contributed by atoms with E-state index in [1.807, 2.05) is 0 Å². The van der Waals surface area contributed by atoms with Crippen LogP contribution in [0.2, 0.25) is 0 Å². The molecule has 0 aliphatic carbocycles. The van der Waals surface area contributed by atoms with Crippen LogP contribution >= 0.6 is 0 Å². The molecule has 3 N–H and O–H groups in total. The summed E-state index contributed by atoms with van der Waals surface area (Å²) in [5.74, 6) is 0.125. The Morgan fingerprint density at radius 3 is 2.62 bits per heavy atom. The van der Waals surface area contributed by atoms with Gasteiger partial charge in [0.05, 0.1) is 0 Å². The monoisotopic (exact) mass is 220 g/mol. The number of aromatic nitrogens is 1. The largest absolute Gasteiger partial charge is 0.508 e. The molecule has 82 valence electrons. The van der Waals surface area contributed by atoms with Gasteiger partial charge in [0, 0.05) is 5.56 Å². The van der Waals surface area contributed by atoms with Crippen LogP contribution in [0.25, 0.3) is 11.3 Å². The molecule has 1 heterocycles. The average Bonchev–Trinajstić information content (AvgIpc) is 2.66. The highest BCUT2D eigenvalue weighted by atomic mass is 16.5. The van der Waals surface area contributed by atoms with Gasteiger partial charge in [0.25, 0.3) is 0 Å². The van der Waals surface area contributed by atoms with E-state index in [2.05, 4.69) is 10.5 Å². The molecule has 0 atom stereocenters. The molecule has 2 rings (SSSR count). The summed E-state index contributed by atoms with van der Waals surface area (Å²) in [4.78, 5) is 10.5. The van der Waals surface area contributed by atoms with Gasteiger partial charge < -0.3 is 14.7 Å². The fourth-order valence-corrected chi connectivity index (χ4v) is 1.27. The van der Waals surface area contributed by atoms with E-state index in [0.29, 0.717) is 11.3 Å². The molecule has 1 aromatic heterocycles. The van der Waals surface area contributed by atoms with Crippen molar-refractivity contribution >= 4 is 11.8 Å². The molecule has 0 saturated carbocycles. The number of hydrogen-bond donors (Lipinski definition) is 3. The lowest BCUT2D eigenvalue weighted by molar-refractivity contribution is 0.209. The SMILES string of the molecule is O=C(O)Nc1conc1-c1ccc(O)cc1. The lowest BCUT2D eigenvalue weighted by Crippen LogP contribution is -2.07. The number of phenolic OH excluding ortho intramolecular Hbond substituents is 1. The minimum atomic E-state index is -1.19. The van der Waals surface area contributed by atoms with Crippen LogP contribution in [0.3, 0.4) is 0 Å². The molecule has 6 heteroatoms. The summed E-state index contributed by atoms with van der Waals surface area (Å²) in [5, 5.41) is 23.5. The average molecular weight is 220 g/mol. The molecule has 0 fully saturated rings. The zero-order chi connectivity index (χ0) is 11.5. The highest BCUT2D eigenvalue weighted by Gasteiger charge is 2.11. The minimum absolute atomic E-state index is 0.125.